The van der Waals surface area contributed by atoms with Crippen LogP contribution < -0.4 is 5.32 Å². The van der Waals surface area contributed by atoms with Gasteiger partial charge < -0.3 is 15.8 Å². The highest BCUT2D eigenvalue weighted by atomic mass is 32.2. The molecule has 1 aliphatic carbocycles. The molecular formula is C12H17F3N2O4S. The van der Waals surface area contributed by atoms with Gasteiger partial charge in [-0.2, -0.15) is 13.2 Å². The van der Waals surface area contributed by atoms with Crippen LogP contribution in [0.4, 0.5) is 13.2 Å². The van der Waals surface area contributed by atoms with Gasteiger partial charge in [0.2, 0.25) is 0 Å². The molecule has 1 aliphatic rings. The van der Waals surface area contributed by atoms with E-state index in [2.05, 4.69) is 5.32 Å². The summed E-state index contributed by atoms with van der Waals surface area (Å²) < 4.78 is 61.7. The largest absolute Gasteiger partial charge is 0.478 e. The summed E-state index contributed by atoms with van der Waals surface area (Å²) in [6, 6.07) is -0.677. The van der Waals surface area contributed by atoms with Gasteiger partial charge in [0.25, 0.3) is 0 Å². The van der Waals surface area contributed by atoms with Crippen LogP contribution in [-0.4, -0.2) is 49.4 Å². The molecule has 0 aromatic carbocycles. The molecule has 1 fully saturated rings. The monoisotopic (exact) mass is 342 g/mol. The van der Waals surface area contributed by atoms with Gasteiger partial charge in [0, 0.05) is 18.5 Å². The maximum absolute atomic E-state index is 13.0. The van der Waals surface area contributed by atoms with Crippen LogP contribution in [0.5, 0.6) is 0 Å². The fourth-order valence-electron chi connectivity index (χ4n) is 2.39. The number of allylic oxidation sites excluding steroid dienone is 1. The minimum absolute atomic E-state index is 0.139. The number of sulfone groups is 1. The standard InChI is InChI=1S/C12H17F3N2O4S/c1-22(20,21)8-4-2-7(3-5-8)17-10(12(13,14)15)9(6-16)11(18)19/h6-8,16-17H,2-5H2,1H3,(H,18,19)/b10-9+,16-6?/t7-,8+. The number of carbonyl (C=O) groups is 1. The second-order valence-electron chi connectivity index (χ2n) is 5.18. The van der Waals surface area contributed by atoms with Crippen LogP contribution in [0.25, 0.3) is 0 Å². The van der Waals surface area contributed by atoms with E-state index in [1.165, 1.54) is 0 Å². The Bertz CT molecular complexity index is 576. The molecule has 0 aromatic heterocycles. The zero-order chi connectivity index (χ0) is 17.1. The second-order valence-corrected chi connectivity index (χ2v) is 7.51. The summed E-state index contributed by atoms with van der Waals surface area (Å²) in [4.78, 5) is 10.8. The van der Waals surface area contributed by atoms with Crippen LogP contribution in [0.15, 0.2) is 11.3 Å². The van der Waals surface area contributed by atoms with Crippen molar-refractivity contribution < 1.29 is 31.5 Å². The lowest BCUT2D eigenvalue weighted by Gasteiger charge is -2.30. The number of alkyl halides is 3. The molecule has 0 heterocycles. The average Bonchev–Trinajstić information content (AvgIpc) is 2.36. The first-order valence-corrected chi connectivity index (χ1v) is 8.43. The third-order valence-corrected chi connectivity index (χ3v) is 5.24. The molecule has 0 aliphatic heterocycles. The summed E-state index contributed by atoms with van der Waals surface area (Å²) in [6.45, 7) is 0. The number of carboxylic acids is 1. The van der Waals surface area contributed by atoms with Crippen molar-refractivity contribution in [3.63, 3.8) is 0 Å². The minimum Gasteiger partial charge on any atom is -0.478 e. The van der Waals surface area contributed by atoms with Crippen molar-refractivity contribution in [2.75, 3.05) is 6.26 Å². The van der Waals surface area contributed by atoms with Crippen molar-refractivity contribution >= 4 is 22.0 Å². The molecule has 0 unspecified atom stereocenters. The zero-order valence-electron chi connectivity index (χ0n) is 11.8. The number of carboxylic acid groups (broad SMARTS) is 1. The first kappa shape index (κ1) is 18.5. The van der Waals surface area contributed by atoms with E-state index in [1.54, 1.807) is 0 Å². The summed E-state index contributed by atoms with van der Waals surface area (Å²) in [5.41, 5.74) is -2.64. The third kappa shape index (κ3) is 4.72. The van der Waals surface area contributed by atoms with Crippen molar-refractivity contribution in [1.29, 1.82) is 5.41 Å². The van der Waals surface area contributed by atoms with Crippen molar-refractivity contribution in [3.8, 4) is 0 Å². The van der Waals surface area contributed by atoms with Gasteiger partial charge in [0.15, 0.2) is 0 Å². The predicted molar refractivity (Wildman–Crippen MR) is 73.5 cm³/mol. The highest BCUT2D eigenvalue weighted by Gasteiger charge is 2.40. The topological polar surface area (TPSA) is 107 Å². The van der Waals surface area contributed by atoms with E-state index in [0.29, 0.717) is 0 Å². The number of aliphatic carboxylic acids is 1. The highest BCUT2D eigenvalue weighted by molar-refractivity contribution is 7.91. The zero-order valence-corrected chi connectivity index (χ0v) is 12.6. The Hall–Kier alpha value is -1.58. The Morgan fingerprint density at radius 3 is 2.09 bits per heavy atom. The fourth-order valence-corrected chi connectivity index (χ4v) is 3.52. The van der Waals surface area contributed by atoms with E-state index in [-0.39, 0.29) is 31.9 Å². The van der Waals surface area contributed by atoms with E-state index in [1.807, 2.05) is 0 Å². The fraction of sp³-hybridized carbons (Fsp3) is 0.667. The van der Waals surface area contributed by atoms with Crippen LogP contribution >= 0.6 is 0 Å². The molecule has 1 rings (SSSR count). The van der Waals surface area contributed by atoms with Crippen LogP contribution in [0.2, 0.25) is 0 Å². The maximum Gasteiger partial charge on any atom is 0.431 e. The number of hydrogen-bond acceptors (Lipinski definition) is 5. The minimum atomic E-state index is -4.93. The van der Waals surface area contributed by atoms with E-state index < -0.39 is 44.5 Å². The molecule has 0 amide bonds. The van der Waals surface area contributed by atoms with Gasteiger partial charge in [0.05, 0.1) is 5.25 Å². The molecular weight excluding hydrogens is 325 g/mol. The molecule has 126 valence electrons. The van der Waals surface area contributed by atoms with Gasteiger partial charge in [0.1, 0.15) is 21.1 Å². The van der Waals surface area contributed by atoms with Crippen LogP contribution in [-0.2, 0) is 14.6 Å². The number of halogens is 3. The molecule has 0 radical (unpaired) electrons. The SMILES string of the molecule is CS(=O)(=O)[C@H]1CC[C@@H](N/C(=C(\C=N)C(=O)O)C(F)(F)F)CC1. The molecule has 22 heavy (non-hydrogen) atoms. The molecule has 0 atom stereocenters. The molecule has 6 nitrogen and oxygen atoms in total. The summed E-state index contributed by atoms with van der Waals surface area (Å²) >= 11 is 0. The van der Waals surface area contributed by atoms with Gasteiger partial charge in [-0.25, -0.2) is 13.2 Å². The molecule has 1 saturated carbocycles. The van der Waals surface area contributed by atoms with Gasteiger partial charge in [-0.05, 0) is 25.7 Å². The molecule has 3 N–H and O–H groups in total. The van der Waals surface area contributed by atoms with Crippen molar-refractivity contribution in [3.05, 3.63) is 11.3 Å². The average molecular weight is 342 g/mol. The molecule has 0 aromatic rings. The van der Waals surface area contributed by atoms with Crippen LogP contribution in [0.3, 0.4) is 0 Å². The Balaban J connectivity index is 2.91. The lowest BCUT2D eigenvalue weighted by atomic mass is 9.94. The van der Waals surface area contributed by atoms with Crippen molar-refractivity contribution in [1.82, 2.24) is 5.32 Å². The van der Waals surface area contributed by atoms with Crippen molar-refractivity contribution in [2.24, 2.45) is 0 Å². The highest BCUT2D eigenvalue weighted by Crippen LogP contribution is 2.30. The van der Waals surface area contributed by atoms with Gasteiger partial charge >= 0.3 is 12.1 Å². The normalized spacial score (nSPS) is 24.4. The summed E-state index contributed by atoms with van der Waals surface area (Å²) in [6.07, 6.45) is -2.91. The Kier molecular flexibility index (Phi) is 5.60. The third-order valence-electron chi connectivity index (χ3n) is 3.56. The summed E-state index contributed by atoms with van der Waals surface area (Å²) in [5.74, 6) is -1.85. The Morgan fingerprint density at radius 1 is 1.27 bits per heavy atom. The lowest BCUT2D eigenvalue weighted by molar-refractivity contribution is -0.133. The second kappa shape index (κ2) is 6.67. The van der Waals surface area contributed by atoms with E-state index in [9.17, 15) is 26.4 Å². The number of nitrogens with one attached hydrogen (secondary N) is 2. The number of hydrogen-bond donors (Lipinski definition) is 3. The first-order chi connectivity index (χ1) is 9.96. The quantitative estimate of drug-likeness (QED) is 0.518. The Labute approximate surface area is 125 Å². The van der Waals surface area contributed by atoms with Gasteiger partial charge in [-0.3, -0.25) is 0 Å². The smallest absolute Gasteiger partial charge is 0.431 e. The number of rotatable bonds is 5. The maximum atomic E-state index is 13.0. The summed E-state index contributed by atoms with van der Waals surface area (Å²) in [7, 11) is -3.23. The van der Waals surface area contributed by atoms with Crippen LogP contribution in [0, 0.1) is 5.41 Å². The van der Waals surface area contributed by atoms with Gasteiger partial charge in [-0.15, -0.1) is 0 Å². The lowest BCUT2D eigenvalue weighted by Crippen LogP contribution is -2.41. The van der Waals surface area contributed by atoms with E-state index >= 15 is 0 Å². The van der Waals surface area contributed by atoms with Gasteiger partial charge in [-0.1, -0.05) is 0 Å². The van der Waals surface area contributed by atoms with Crippen molar-refractivity contribution in [2.45, 2.75) is 43.2 Å². The summed E-state index contributed by atoms with van der Waals surface area (Å²) in [5, 5.41) is 17.2. The van der Waals surface area contributed by atoms with E-state index in [4.69, 9.17) is 10.5 Å². The molecule has 10 heteroatoms. The molecule has 0 spiro atoms. The molecule has 0 saturated heterocycles. The van der Waals surface area contributed by atoms with Crippen LogP contribution in [0.1, 0.15) is 25.7 Å². The Morgan fingerprint density at radius 2 is 1.77 bits per heavy atom. The van der Waals surface area contributed by atoms with E-state index in [0.717, 1.165) is 6.26 Å². The first-order valence-electron chi connectivity index (χ1n) is 6.47. The molecule has 0 bridgehead atoms. The predicted octanol–water partition coefficient (Wildman–Crippen LogP) is 1.48.